The molecule has 0 amide bonds. The van der Waals surface area contributed by atoms with Crippen molar-refractivity contribution >= 4 is 25.8 Å². The van der Waals surface area contributed by atoms with E-state index in [0.717, 1.165) is 18.4 Å². The van der Waals surface area contributed by atoms with Crippen LogP contribution in [0.4, 0.5) is 0 Å². The predicted molar refractivity (Wildman–Crippen MR) is 150 cm³/mol. The van der Waals surface area contributed by atoms with Crippen LogP contribution in [0.3, 0.4) is 0 Å². The van der Waals surface area contributed by atoms with E-state index < -0.39 is 57.5 Å². The summed E-state index contributed by atoms with van der Waals surface area (Å²) >= 11 is 3.47. The molecule has 3 unspecified atom stereocenters. The number of benzene rings is 2. The van der Waals surface area contributed by atoms with Gasteiger partial charge in [0.1, 0.15) is 17.0 Å². The smallest absolute Gasteiger partial charge is 0.327 e. The van der Waals surface area contributed by atoms with E-state index in [9.17, 15) is 28.8 Å². The minimum absolute atomic E-state index is 0.00368. The summed E-state index contributed by atoms with van der Waals surface area (Å²) in [5.41, 5.74) is -3.00. The van der Waals surface area contributed by atoms with E-state index in [1.165, 1.54) is 19.9 Å². The molecule has 0 bridgehead atoms. The number of halogens is 1. The average Bonchev–Trinajstić information content (AvgIpc) is 2.92. The Morgan fingerprint density at radius 3 is 2.33 bits per heavy atom. The van der Waals surface area contributed by atoms with Gasteiger partial charge in [0.15, 0.2) is 9.84 Å². The van der Waals surface area contributed by atoms with Gasteiger partial charge in [0, 0.05) is 17.4 Å². The lowest BCUT2D eigenvalue weighted by Crippen LogP contribution is -2.64. The molecule has 0 radical (unpaired) electrons. The summed E-state index contributed by atoms with van der Waals surface area (Å²) < 4.78 is 39.6. The maximum atomic E-state index is 14.0. The van der Waals surface area contributed by atoms with Crippen molar-refractivity contribution in [1.82, 2.24) is 0 Å². The van der Waals surface area contributed by atoms with E-state index >= 15 is 0 Å². The third-order valence-electron chi connectivity index (χ3n) is 8.62. The molecule has 4 rings (SSSR count). The molecule has 2 aliphatic heterocycles. The summed E-state index contributed by atoms with van der Waals surface area (Å²) in [6.45, 7) is 6.32. The highest BCUT2D eigenvalue weighted by Crippen LogP contribution is 2.51. The van der Waals surface area contributed by atoms with E-state index in [0.29, 0.717) is 22.9 Å². The van der Waals surface area contributed by atoms with Gasteiger partial charge in [0.2, 0.25) is 0 Å². The second-order valence-electron chi connectivity index (χ2n) is 11.6. The van der Waals surface area contributed by atoms with Crippen LogP contribution in [-0.2, 0) is 14.6 Å². The van der Waals surface area contributed by atoms with E-state index in [1.54, 1.807) is 6.07 Å². The third-order valence-corrected chi connectivity index (χ3v) is 11.2. The van der Waals surface area contributed by atoms with Crippen molar-refractivity contribution in [3.8, 4) is 5.75 Å². The highest BCUT2D eigenvalue weighted by molar-refractivity contribution is 9.10. The second kappa shape index (κ2) is 10.7. The highest BCUT2D eigenvalue weighted by Gasteiger charge is 2.55. The lowest BCUT2D eigenvalue weighted by molar-refractivity contribution is -0.390. The Hall–Kier alpha value is -1.53. The summed E-state index contributed by atoms with van der Waals surface area (Å²) in [7, 11) is -3.92. The Bertz CT molecular complexity index is 1300. The third kappa shape index (κ3) is 5.66. The number of unbranched alkanes of at least 4 members (excludes halogenated alkanes) is 1. The number of aliphatic hydroxyl groups excluding tert-OH is 1. The van der Waals surface area contributed by atoms with Gasteiger partial charge < -0.3 is 29.9 Å². The van der Waals surface area contributed by atoms with Crippen LogP contribution in [0.15, 0.2) is 51.8 Å². The van der Waals surface area contributed by atoms with Crippen molar-refractivity contribution in [2.75, 3.05) is 12.4 Å². The van der Waals surface area contributed by atoms with Gasteiger partial charge in [-0.25, -0.2) is 8.42 Å². The number of aliphatic hydroxyl groups is 4. The van der Waals surface area contributed by atoms with E-state index in [4.69, 9.17) is 9.47 Å². The summed E-state index contributed by atoms with van der Waals surface area (Å²) in [5.74, 6) is -3.17. The Kier molecular flexibility index (Phi) is 8.35. The van der Waals surface area contributed by atoms with Gasteiger partial charge in [-0.05, 0) is 59.8 Å². The summed E-state index contributed by atoms with van der Waals surface area (Å²) in [6.07, 6.45) is 1.25. The fourth-order valence-electron chi connectivity index (χ4n) is 5.79. The molecule has 0 saturated carbocycles. The molecular weight excluding hydrogens is 588 g/mol. The largest absolute Gasteiger partial charge is 0.438 e. The van der Waals surface area contributed by atoms with Gasteiger partial charge >= 0.3 is 5.97 Å². The number of hydrogen-bond acceptors (Lipinski definition) is 8. The van der Waals surface area contributed by atoms with Gasteiger partial charge in [-0.1, -0.05) is 57.0 Å². The van der Waals surface area contributed by atoms with Gasteiger partial charge in [0.25, 0.3) is 0 Å². The topological polar surface area (TPSA) is 134 Å². The van der Waals surface area contributed by atoms with Crippen LogP contribution in [0, 0.1) is 5.41 Å². The van der Waals surface area contributed by atoms with Crippen molar-refractivity contribution in [3.63, 3.8) is 0 Å². The molecule has 10 heteroatoms. The molecule has 8 nitrogen and oxygen atoms in total. The van der Waals surface area contributed by atoms with Crippen LogP contribution in [-0.4, -0.2) is 64.5 Å². The first-order valence-electron chi connectivity index (χ1n) is 13.4. The molecule has 1 saturated heterocycles. The highest BCUT2D eigenvalue weighted by atomic mass is 79.9. The van der Waals surface area contributed by atoms with Crippen LogP contribution in [0.1, 0.15) is 76.8 Å². The van der Waals surface area contributed by atoms with Crippen molar-refractivity contribution in [2.24, 2.45) is 5.41 Å². The molecule has 0 spiro atoms. The zero-order valence-electron chi connectivity index (χ0n) is 22.9. The molecule has 2 aromatic rings. The van der Waals surface area contributed by atoms with Gasteiger partial charge in [-0.3, -0.25) is 0 Å². The lowest BCUT2D eigenvalue weighted by Gasteiger charge is -2.47. The first-order valence-corrected chi connectivity index (χ1v) is 15.8. The number of sulfone groups is 1. The first kappa shape index (κ1) is 30.4. The molecule has 216 valence electrons. The van der Waals surface area contributed by atoms with Crippen LogP contribution in [0.5, 0.6) is 5.75 Å². The molecule has 6 atom stereocenters. The quantitative estimate of drug-likeness (QED) is 0.335. The van der Waals surface area contributed by atoms with Crippen LogP contribution in [0.25, 0.3) is 0 Å². The maximum Gasteiger partial charge on any atom is 0.327 e. The number of ether oxygens (including phenoxy) is 2. The molecule has 4 N–H and O–H groups in total. The second-order valence-corrected chi connectivity index (χ2v) is 14.4. The van der Waals surface area contributed by atoms with E-state index in [2.05, 4.69) is 15.9 Å². The van der Waals surface area contributed by atoms with E-state index in [-0.39, 0.29) is 16.4 Å². The fraction of sp³-hybridized carbons (Fsp3) is 0.586. The molecule has 0 aliphatic carbocycles. The van der Waals surface area contributed by atoms with Crippen molar-refractivity contribution < 1.29 is 38.3 Å². The molecular formula is C29H39BrO8S. The molecule has 2 aliphatic rings. The number of fused-ring (bicyclic) bond motifs is 1. The summed E-state index contributed by atoms with van der Waals surface area (Å²) in [6, 6.07) is 12.4. The summed E-state index contributed by atoms with van der Waals surface area (Å²) in [4.78, 5) is 0.0126. The standard InChI is InChI=1S/C29H39BrO8S/c1-5-7-13-28(6-2)18-39(35,36)23-15-22(38-29(34)16-26(3,32)27(4,33)17-37-29)21(30)14-20(23)24(25(28)31)19-11-9-8-10-12-19/h8-12,14-15,24-25,31-34H,5-7,13,16-18H2,1-4H3/t24-,25-,26?,27?,28-,29?/m1/s1. The number of hydrogen-bond donors (Lipinski definition) is 4. The number of rotatable bonds is 7. The van der Waals surface area contributed by atoms with Crippen molar-refractivity contribution in [3.05, 3.63) is 58.1 Å². The minimum Gasteiger partial charge on any atom is -0.438 e. The first-order chi connectivity index (χ1) is 18.1. The Labute approximate surface area is 239 Å². The summed E-state index contributed by atoms with van der Waals surface area (Å²) in [5, 5.41) is 44.2. The predicted octanol–water partition coefficient (Wildman–Crippen LogP) is 4.26. The van der Waals surface area contributed by atoms with Crippen molar-refractivity contribution in [1.29, 1.82) is 0 Å². The Balaban J connectivity index is 1.86. The lowest BCUT2D eigenvalue weighted by atomic mass is 9.69. The van der Waals surface area contributed by atoms with Gasteiger partial charge in [-0.15, -0.1) is 0 Å². The zero-order chi connectivity index (χ0) is 28.9. The van der Waals surface area contributed by atoms with Gasteiger partial charge in [0.05, 0.1) is 34.3 Å². The van der Waals surface area contributed by atoms with Gasteiger partial charge in [-0.2, -0.15) is 0 Å². The minimum atomic E-state index is -3.92. The monoisotopic (exact) mass is 626 g/mol. The maximum absolute atomic E-state index is 14.0. The van der Waals surface area contributed by atoms with Crippen LogP contribution in [0.2, 0.25) is 0 Å². The van der Waals surface area contributed by atoms with Crippen LogP contribution < -0.4 is 4.74 Å². The van der Waals surface area contributed by atoms with Crippen molar-refractivity contribution in [2.45, 2.75) is 93.9 Å². The molecule has 2 aromatic carbocycles. The molecule has 39 heavy (non-hydrogen) atoms. The molecule has 0 aromatic heterocycles. The zero-order valence-corrected chi connectivity index (χ0v) is 25.3. The Morgan fingerprint density at radius 2 is 1.74 bits per heavy atom. The fourth-order valence-corrected chi connectivity index (χ4v) is 8.49. The van der Waals surface area contributed by atoms with E-state index in [1.807, 2.05) is 44.2 Å². The molecule has 1 fully saturated rings. The van der Waals surface area contributed by atoms with Crippen LogP contribution >= 0.6 is 15.9 Å². The Morgan fingerprint density at radius 1 is 1.08 bits per heavy atom. The average molecular weight is 628 g/mol. The molecule has 2 heterocycles. The SMILES string of the molecule is CCCC[C@]1(CC)CS(=O)(=O)c2cc(OC3(O)CC(C)(O)C(C)(O)CO3)c(Br)cc2[C@@H](c2ccccc2)[C@H]1O. The normalized spacial score (nSPS) is 36.1.